The number of hydrogen-bond acceptors (Lipinski definition) is 5. The standard InChI is InChI=1S/C24H25NO5/c1-5-13-25-21(16-7-10-18(29-4)11-8-16)20(23(27)24(25)28)22(26)17-9-12-19(30-6-2)15(3)14-17/h5,7-12,14,21,26H,1,6,13H2,2-4H3/t21-/m0/s1. The molecule has 1 aliphatic heterocycles. The summed E-state index contributed by atoms with van der Waals surface area (Å²) in [5.74, 6) is -0.247. The summed E-state index contributed by atoms with van der Waals surface area (Å²) in [6.45, 7) is 8.15. The molecule has 1 amide bonds. The van der Waals surface area contributed by atoms with Crippen molar-refractivity contribution in [2.45, 2.75) is 19.9 Å². The average Bonchev–Trinajstić information content (AvgIpc) is 3.00. The second-order valence-electron chi connectivity index (χ2n) is 6.93. The van der Waals surface area contributed by atoms with E-state index in [-0.39, 0.29) is 17.9 Å². The number of rotatable bonds is 7. The van der Waals surface area contributed by atoms with Crippen LogP contribution in [0, 0.1) is 6.92 Å². The molecule has 0 aliphatic carbocycles. The van der Waals surface area contributed by atoms with Gasteiger partial charge in [0.25, 0.3) is 11.7 Å². The van der Waals surface area contributed by atoms with Gasteiger partial charge in [0.15, 0.2) is 0 Å². The van der Waals surface area contributed by atoms with Crippen LogP contribution in [-0.4, -0.2) is 42.0 Å². The molecule has 1 N–H and O–H groups in total. The van der Waals surface area contributed by atoms with Crippen molar-refractivity contribution < 1.29 is 24.2 Å². The first kappa shape index (κ1) is 21.2. The third kappa shape index (κ3) is 3.81. The van der Waals surface area contributed by atoms with Crippen LogP contribution in [0.4, 0.5) is 0 Å². The first-order chi connectivity index (χ1) is 14.4. The van der Waals surface area contributed by atoms with Gasteiger partial charge in [-0.25, -0.2) is 0 Å². The highest BCUT2D eigenvalue weighted by molar-refractivity contribution is 6.46. The van der Waals surface area contributed by atoms with Gasteiger partial charge < -0.3 is 19.5 Å². The summed E-state index contributed by atoms with van der Waals surface area (Å²) >= 11 is 0. The van der Waals surface area contributed by atoms with Gasteiger partial charge in [-0.05, 0) is 55.3 Å². The van der Waals surface area contributed by atoms with Crippen LogP contribution >= 0.6 is 0 Å². The highest BCUT2D eigenvalue weighted by atomic mass is 16.5. The Morgan fingerprint density at radius 3 is 2.47 bits per heavy atom. The van der Waals surface area contributed by atoms with Gasteiger partial charge in [-0.1, -0.05) is 18.2 Å². The van der Waals surface area contributed by atoms with Crippen molar-refractivity contribution in [3.63, 3.8) is 0 Å². The van der Waals surface area contributed by atoms with Gasteiger partial charge in [0.2, 0.25) is 0 Å². The van der Waals surface area contributed by atoms with Crippen molar-refractivity contribution >= 4 is 17.4 Å². The fourth-order valence-electron chi connectivity index (χ4n) is 3.61. The number of likely N-dealkylation sites (tertiary alicyclic amines) is 1. The predicted octanol–water partition coefficient (Wildman–Crippen LogP) is 4.01. The molecule has 0 bridgehead atoms. The molecule has 1 fully saturated rings. The third-order valence-electron chi connectivity index (χ3n) is 5.05. The van der Waals surface area contributed by atoms with Crippen molar-refractivity contribution in [1.82, 2.24) is 4.90 Å². The van der Waals surface area contributed by atoms with E-state index >= 15 is 0 Å². The van der Waals surface area contributed by atoms with Crippen LogP contribution in [0.3, 0.4) is 0 Å². The summed E-state index contributed by atoms with van der Waals surface area (Å²) in [5, 5.41) is 11.1. The van der Waals surface area contributed by atoms with Crippen LogP contribution in [0.15, 0.2) is 60.7 Å². The van der Waals surface area contributed by atoms with E-state index < -0.39 is 17.7 Å². The van der Waals surface area contributed by atoms with Gasteiger partial charge in [0, 0.05) is 12.1 Å². The maximum atomic E-state index is 12.9. The van der Waals surface area contributed by atoms with Crippen LogP contribution in [0.1, 0.15) is 29.7 Å². The predicted molar refractivity (Wildman–Crippen MR) is 115 cm³/mol. The molecule has 30 heavy (non-hydrogen) atoms. The lowest BCUT2D eigenvalue weighted by atomic mass is 9.94. The van der Waals surface area contributed by atoms with Crippen LogP contribution in [0.5, 0.6) is 11.5 Å². The quantitative estimate of drug-likeness (QED) is 0.325. The summed E-state index contributed by atoms with van der Waals surface area (Å²) in [4.78, 5) is 27.0. The van der Waals surface area contributed by atoms with Gasteiger partial charge in [-0.3, -0.25) is 9.59 Å². The third-order valence-corrected chi connectivity index (χ3v) is 5.05. The fraction of sp³-hybridized carbons (Fsp3) is 0.250. The molecule has 0 saturated carbocycles. The molecule has 1 heterocycles. The lowest BCUT2D eigenvalue weighted by Gasteiger charge is -2.24. The molecule has 6 nitrogen and oxygen atoms in total. The molecule has 6 heteroatoms. The summed E-state index contributed by atoms with van der Waals surface area (Å²) in [5.41, 5.74) is 2.02. The SMILES string of the molecule is C=CCN1C(=O)C(=O)C(=C(O)c2ccc(OCC)c(C)c2)[C@@H]1c1ccc(OC)cc1. The Hall–Kier alpha value is -3.54. The number of aryl methyl sites for hydroxylation is 1. The molecule has 3 rings (SSSR count). The minimum absolute atomic E-state index is 0.0515. The summed E-state index contributed by atoms with van der Waals surface area (Å²) in [6.07, 6.45) is 1.56. The Balaban J connectivity index is 2.14. The zero-order chi connectivity index (χ0) is 21.8. The Morgan fingerprint density at radius 2 is 1.90 bits per heavy atom. The summed E-state index contributed by atoms with van der Waals surface area (Å²) < 4.78 is 10.7. The number of hydrogen-bond donors (Lipinski definition) is 1. The van der Waals surface area contributed by atoms with Crippen molar-refractivity contribution in [2.24, 2.45) is 0 Å². The first-order valence-corrected chi connectivity index (χ1v) is 9.70. The number of amides is 1. The molecule has 2 aromatic rings. The van der Waals surface area contributed by atoms with Crippen LogP contribution in [0.25, 0.3) is 5.76 Å². The van der Waals surface area contributed by atoms with Crippen molar-refractivity contribution in [2.75, 3.05) is 20.3 Å². The number of Topliss-reactive ketones (excluding diaryl/α,β-unsaturated/α-hetero) is 1. The van der Waals surface area contributed by atoms with Gasteiger partial charge in [0.05, 0.1) is 25.3 Å². The molecule has 1 aliphatic rings. The molecule has 0 radical (unpaired) electrons. The van der Waals surface area contributed by atoms with E-state index in [1.807, 2.05) is 13.8 Å². The number of carbonyl (C=O) groups is 2. The fourth-order valence-corrected chi connectivity index (χ4v) is 3.61. The number of ether oxygens (including phenoxy) is 2. The normalized spacial score (nSPS) is 17.8. The maximum Gasteiger partial charge on any atom is 0.295 e. The molecule has 1 saturated heterocycles. The average molecular weight is 407 g/mol. The van der Waals surface area contributed by atoms with E-state index in [1.54, 1.807) is 55.7 Å². The number of methoxy groups -OCH3 is 1. The zero-order valence-electron chi connectivity index (χ0n) is 17.3. The Bertz CT molecular complexity index is 1010. The molecule has 156 valence electrons. The highest BCUT2D eigenvalue weighted by Gasteiger charge is 2.45. The van der Waals surface area contributed by atoms with Crippen molar-refractivity contribution in [3.05, 3.63) is 77.4 Å². The molecule has 2 aromatic carbocycles. The number of nitrogens with zero attached hydrogens (tertiary/aromatic N) is 1. The summed E-state index contributed by atoms with van der Waals surface area (Å²) in [6, 6.07) is 11.5. The van der Waals surface area contributed by atoms with Gasteiger partial charge in [0.1, 0.15) is 17.3 Å². The minimum Gasteiger partial charge on any atom is -0.507 e. The van der Waals surface area contributed by atoms with Crippen LogP contribution in [-0.2, 0) is 9.59 Å². The number of aliphatic hydroxyl groups excluding tert-OH is 1. The van der Waals surface area contributed by atoms with E-state index in [4.69, 9.17) is 9.47 Å². The maximum absolute atomic E-state index is 12.9. The smallest absolute Gasteiger partial charge is 0.295 e. The molecule has 0 aromatic heterocycles. The Labute approximate surface area is 176 Å². The highest BCUT2D eigenvalue weighted by Crippen LogP contribution is 2.40. The number of carbonyl (C=O) groups excluding carboxylic acids is 2. The molecule has 0 spiro atoms. The van der Waals surface area contributed by atoms with Crippen LogP contribution < -0.4 is 9.47 Å². The van der Waals surface area contributed by atoms with E-state index in [0.29, 0.717) is 29.2 Å². The first-order valence-electron chi connectivity index (χ1n) is 9.70. The summed E-state index contributed by atoms with van der Waals surface area (Å²) in [7, 11) is 1.56. The van der Waals surface area contributed by atoms with Crippen molar-refractivity contribution in [1.29, 1.82) is 0 Å². The van der Waals surface area contributed by atoms with Gasteiger partial charge >= 0.3 is 0 Å². The monoisotopic (exact) mass is 407 g/mol. The van der Waals surface area contributed by atoms with E-state index in [2.05, 4.69) is 6.58 Å². The number of aliphatic hydroxyl groups is 1. The Morgan fingerprint density at radius 1 is 1.20 bits per heavy atom. The lowest BCUT2D eigenvalue weighted by Crippen LogP contribution is -2.29. The minimum atomic E-state index is -0.721. The van der Waals surface area contributed by atoms with E-state index in [0.717, 1.165) is 5.56 Å². The Kier molecular flexibility index (Phi) is 6.26. The molecule has 0 unspecified atom stereocenters. The topological polar surface area (TPSA) is 76.1 Å². The van der Waals surface area contributed by atoms with Gasteiger partial charge in [-0.15, -0.1) is 6.58 Å². The van der Waals surface area contributed by atoms with E-state index in [9.17, 15) is 14.7 Å². The zero-order valence-corrected chi connectivity index (χ0v) is 17.3. The molecule has 1 atom stereocenters. The van der Waals surface area contributed by atoms with Gasteiger partial charge in [-0.2, -0.15) is 0 Å². The molecular weight excluding hydrogens is 382 g/mol. The van der Waals surface area contributed by atoms with Crippen molar-refractivity contribution in [3.8, 4) is 11.5 Å². The number of ketones is 1. The second-order valence-corrected chi connectivity index (χ2v) is 6.93. The number of benzene rings is 2. The largest absolute Gasteiger partial charge is 0.507 e. The van der Waals surface area contributed by atoms with E-state index in [1.165, 1.54) is 4.90 Å². The lowest BCUT2D eigenvalue weighted by molar-refractivity contribution is -0.139. The van der Waals surface area contributed by atoms with Crippen LogP contribution in [0.2, 0.25) is 0 Å². The second kappa shape index (κ2) is 8.86. The molecular formula is C24H25NO5.